The van der Waals surface area contributed by atoms with Crippen molar-refractivity contribution in [1.82, 2.24) is 5.32 Å². The summed E-state index contributed by atoms with van der Waals surface area (Å²) in [4.78, 5) is 37.0. The van der Waals surface area contributed by atoms with Crippen LogP contribution in [0.1, 0.15) is 6.42 Å². The van der Waals surface area contributed by atoms with Crippen molar-refractivity contribution < 1.29 is 41.8 Å². The van der Waals surface area contributed by atoms with Crippen molar-refractivity contribution in [3.63, 3.8) is 0 Å². The number of benzene rings is 1. The standard InChI is InChI=1S/C17H17F3N2O6/c18-17(19,20)9-21-14(23)8-28-16(25)10-5-15(24)22(7-10)11-1-2-12-13(6-11)27-4-3-26-12/h1-2,6,10H,3-5,7-9H2,(H,21,23)/t10-/m1/s1. The fraction of sp³-hybridized carbons (Fsp3) is 0.471. The Morgan fingerprint density at radius 1 is 1.21 bits per heavy atom. The van der Waals surface area contributed by atoms with E-state index in [0.29, 0.717) is 30.4 Å². The number of nitrogens with one attached hydrogen (secondary N) is 1. The van der Waals surface area contributed by atoms with E-state index in [9.17, 15) is 27.6 Å². The van der Waals surface area contributed by atoms with Crippen molar-refractivity contribution >= 4 is 23.5 Å². The van der Waals surface area contributed by atoms with Crippen molar-refractivity contribution in [3.05, 3.63) is 18.2 Å². The average molecular weight is 402 g/mol. The van der Waals surface area contributed by atoms with Crippen LogP contribution in [0.2, 0.25) is 0 Å². The van der Waals surface area contributed by atoms with E-state index in [1.807, 2.05) is 0 Å². The van der Waals surface area contributed by atoms with Gasteiger partial charge in [-0.2, -0.15) is 13.2 Å². The van der Waals surface area contributed by atoms with Crippen molar-refractivity contribution in [2.75, 3.05) is 37.8 Å². The zero-order chi connectivity index (χ0) is 20.3. The zero-order valence-corrected chi connectivity index (χ0v) is 14.6. The second-order valence-electron chi connectivity index (χ2n) is 6.23. The lowest BCUT2D eigenvalue weighted by molar-refractivity contribution is -0.154. The van der Waals surface area contributed by atoms with Gasteiger partial charge in [0.25, 0.3) is 5.91 Å². The number of anilines is 1. The van der Waals surface area contributed by atoms with Crippen molar-refractivity contribution in [2.24, 2.45) is 5.92 Å². The van der Waals surface area contributed by atoms with Gasteiger partial charge in [0.15, 0.2) is 18.1 Å². The molecule has 1 N–H and O–H groups in total. The molecule has 28 heavy (non-hydrogen) atoms. The molecule has 2 aliphatic heterocycles. The van der Waals surface area contributed by atoms with Gasteiger partial charge in [-0.25, -0.2) is 0 Å². The predicted molar refractivity (Wildman–Crippen MR) is 87.9 cm³/mol. The third kappa shape index (κ3) is 4.84. The molecule has 0 unspecified atom stereocenters. The van der Waals surface area contributed by atoms with Crippen molar-refractivity contribution in [2.45, 2.75) is 12.6 Å². The summed E-state index contributed by atoms with van der Waals surface area (Å²) in [6.45, 7) is -1.51. The summed E-state index contributed by atoms with van der Waals surface area (Å²) in [6.07, 6.45) is -4.68. The molecule has 2 aliphatic rings. The number of carbonyl (C=O) groups excluding carboxylic acids is 3. The second kappa shape index (κ2) is 7.95. The maximum atomic E-state index is 12.3. The highest BCUT2D eigenvalue weighted by Crippen LogP contribution is 2.36. The van der Waals surface area contributed by atoms with Gasteiger partial charge in [-0.3, -0.25) is 14.4 Å². The third-order valence-corrected chi connectivity index (χ3v) is 4.13. The van der Waals surface area contributed by atoms with Gasteiger partial charge in [0.2, 0.25) is 5.91 Å². The maximum Gasteiger partial charge on any atom is 0.405 e. The first kappa shape index (κ1) is 19.8. The van der Waals surface area contributed by atoms with E-state index in [1.54, 1.807) is 23.5 Å². The highest BCUT2D eigenvalue weighted by molar-refractivity contribution is 5.99. The number of hydrogen-bond donors (Lipinski definition) is 1. The fourth-order valence-corrected chi connectivity index (χ4v) is 2.82. The fourth-order valence-electron chi connectivity index (χ4n) is 2.82. The van der Waals surface area contributed by atoms with E-state index in [4.69, 9.17) is 14.2 Å². The largest absolute Gasteiger partial charge is 0.486 e. The van der Waals surface area contributed by atoms with E-state index in [2.05, 4.69) is 0 Å². The number of nitrogens with zero attached hydrogens (tertiary/aromatic N) is 1. The van der Waals surface area contributed by atoms with Crippen LogP contribution in [0.5, 0.6) is 11.5 Å². The lowest BCUT2D eigenvalue weighted by Gasteiger charge is -2.22. The molecule has 0 radical (unpaired) electrons. The number of halogens is 3. The number of amides is 2. The van der Waals surface area contributed by atoms with Gasteiger partial charge in [0.1, 0.15) is 19.8 Å². The van der Waals surface area contributed by atoms with Crippen LogP contribution < -0.4 is 19.7 Å². The first-order chi connectivity index (χ1) is 13.2. The molecule has 0 aromatic heterocycles. The highest BCUT2D eigenvalue weighted by Gasteiger charge is 2.37. The molecule has 0 spiro atoms. The van der Waals surface area contributed by atoms with Crippen LogP contribution in [0.4, 0.5) is 18.9 Å². The Kier molecular flexibility index (Phi) is 5.61. The van der Waals surface area contributed by atoms with Crippen LogP contribution in [0.3, 0.4) is 0 Å². The molecule has 1 aromatic carbocycles. The van der Waals surface area contributed by atoms with Gasteiger partial charge in [-0.05, 0) is 12.1 Å². The molecule has 0 aliphatic carbocycles. The maximum absolute atomic E-state index is 12.3. The molecule has 1 saturated heterocycles. The number of fused-ring (bicyclic) bond motifs is 1. The molecule has 8 nitrogen and oxygen atoms in total. The van der Waals surface area contributed by atoms with Crippen LogP contribution in [0, 0.1) is 5.92 Å². The normalized spacial score (nSPS) is 18.8. The summed E-state index contributed by atoms with van der Waals surface area (Å²) in [5.74, 6) is -1.99. The van der Waals surface area contributed by atoms with E-state index < -0.39 is 37.1 Å². The molecule has 3 rings (SSSR count). The zero-order valence-electron chi connectivity index (χ0n) is 14.6. The van der Waals surface area contributed by atoms with Crippen LogP contribution in [0.15, 0.2) is 18.2 Å². The summed E-state index contributed by atoms with van der Waals surface area (Å²) in [5.41, 5.74) is 0.521. The van der Waals surface area contributed by atoms with Gasteiger partial charge in [0, 0.05) is 24.7 Å². The number of esters is 1. The van der Waals surface area contributed by atoms with Gasteiger partial charge >= 0.3 is 12.1 Å². The molecular weight excluding hydrogens is 385 g/mol. The second-order valence-corrected chi connectivity index (χ2v) is 6.23. The molecular formula is C17H17F3N2O6. The molecule has 11 heteroatoms. The Labute approximate surface area is 157 Å². The number of rotatable bonds is 5. The van der Waals surface area contributed by atoms with E-state index >= 15 is 0 Å². The van der Waals surface area contributed by atoms with Crippen LogP contribution in [-0.2, 0) is 19.1 Å². The highest BCUT2D eigenvalue weighted by atomic mass is 19.4. The SMILES string of the molecule is O=C(COC(=O)[C@@H]1CC(=O)N(c2ccc3c(c2)OCCO3)C1)NCC(F)(F)F. The lowest BCUT2D eigenvalue weighted by Crippen LogP contribution is -2.37. The minimum atomic E-state index is -4.55. The first-order valence-corrected chi connectivity index (χ1v) is 8.43. The average Bonchev–Trinajstić information content (AvgIpc) is 3.05. The van der Waals surface area contributed by atoms with Crippen LogP contribution in [-0.4, -0.2) is 56.9 Å². The predicted octanol–water partition coefficient (Wildman–Crippen LogP) is 1.03. The van der Waals surface area contributed by atoms with Gasteiger partial charge < -0.3 is 24.4 Å². The van der Waals surface area contributed by atoms with Gasteiger partial charge in [-0.15, -0.1) is 0 Å². The minimum Gasteiger partial charge on any atom is -0.486 e. The molecule has 1 aromatic rings. The van der Waals surface area contributed by atoms with Gasteiger partial charge in [0.05, 0.1) is 5.92 Å². The van der Waals surface area contributed by atoms with E-state index in [-0.39, 0.29) is 18.9 Å². The number of hydrogen-bond acceptors (Lipinski definition) is 6. The molecule has 0 bridgehead atoms. The summed E-state index contributed by atoms with van der Waals surface area (Å²) in [7, 11) is 0. The summed E-state index contributed by atoms with van der Waals surface area (Å²) in [5, 5.41) is 1.60. The van der Waals surface area contributed by atoms with Crippen molar-refractivity contribution in [3.8, 4) is 11.5 Å². The van der Waals surface area contributed by atoms with E-state index in [0.717, 1.165) is 0 Å². The minimum absolute atomic E-state index is 0.0292. The van der Waals surface area contributed by atoms with Crippen LogP contribution in [0.25, 0.3) is 0 Å². The lowest BCUT2D eigenvalue weighted by atomic mass is 10.1. The molecule has 1 atom stereocenters. The third-order valence-electron chi connectivity index (χ3n) is 4.13. The molecule has 1 fully saturated rings. The van der Waals surface area contributed by atoms with Crippen molar-refractivity contribution in [1.29, 1.82) is 0 Å². The Morgan fingerprint density at radius 2 is 1.93 bits per heavy atom. The molecule has 2 heterocycles. The Balaban J connectivity index is 1.54. The molecule has 0 saturated carbocycles. The first-order valence-electron chi connectivity index (χ1n) is 8.43. The Hall–Kier alpha value is -2.98. The van der Waals surface area contributed by atoms with Crippen LogP contribution >= 0.6 is 0 Å². The summed E-state index contributed by atoms with van der Waals surface area (Å²) in [6, 6.07) is 4.95. The van der Waals surface area contributed by atoms with E-state index in [1.165, 1.54) is 4.90 Å². The Bertz CT molecular complexity index is 783. The number of alkyl halides is 3. The number of ether oxygens (including phenoxy) is 3. The summed E-state index contributed by atoms with van der Waals surface area (Å²) < 4.78 is 51.7. The Morgan fingerprint density at radius 3 is 2.64 bits per heavy atom. The molecule has 2 amide bonds. The van der Waals surface area contributed by atoms with Gasteiger partial charge in [-0.1, -0.05) is 0 Å². The summed E-state index contributed by atoms with van der Waals surface area (Å²) >= 11 is 0. The number of carbonyl (C=O) groups is 3. The smallest absolute Gasteiger partial charge is 0.405 e. The monoisotopic (exact) mass is 402 g/mol. The molecule has 152 valence electrons. The topological polar surface area (TPSA) is 94.2 Å². The quantitative estimate of drug-likeness (QED) is 0.740.